The molecule has 1 unspecified atom stereocenters. The van der Waals surface area contributed by atoms with Gasteiger partial charge in [-0.2, -0.15) is 0 Å². The lowest BCUT2D eigenvalue weighted by Gasteiger charge is -2.34. The van der Waals surface area contributed by atoms with Crippen LogP contribution in [0.25, 0.3) is 0 Å². The Morgan fingerprint density at radius 1 is 0.818 bits per heavy atom. The van der Waals surface area contributed by atoms with E-state index in [0.29, 0.717) is 12.3 Å². The normalized spacial score (nSPS) is 16.8. The van der Waals surface area contributed by atoms with Gasteiger partial charge < -0.3 is 4.90 Å². The molecule has 0 aromatic carbocycles. The minimum Gasteiger partial charge on any atom is -0.340 e. The molecule has 0 bridgehead atoms. The lowest BCUT2D eigenvalue weighted by molar-refractivity contribution is -0.133. The third-order valence-corrected chi connectivity index (χ3v) is 6.23. The van der Waals surface area contributed by atoms with Crippen molar-refractivity contribution in [2.24, 2.45) is 5.92 Å². The van der Waals surface area contributed by atoms with Crippen molar-refractivity contribution in [2.75, 3.05) is 32.7 Å². The summed E-state index contributed by atoms with van der Waals surface area (Å²) in [6.45, 7) is 19.8. The molecule has 1 amide bonds. The van der Waals surface area contributed by atoms with Crippen molar-refractivity contribution >= 4 is 5.91 Å². The summed E-state index contributed by atoms with van der Waals surface area (Å²) in [5.74, 6) is 0.596. The number of rotatable bonds is 13. The number of carbonyl (C=O) groups excluding carboxylic acids is 1. The Morgan fingerprint density at radius 2 is 1.39 bits per heavy atom. The molecule has 1 saturated heterocycles. The number of piperazine rings is 1. The Hall–Kier alpha value is -1.87. The lowest BCUT2D eigenvalue weighted by Crippen LogP contribution is -2.48. The summed E-state index contributed by atoms with van der Waals surface area (Å²) < 4.78 is 0. The minimum absolute atomic E-state index is 0.281. The molecule has 0 aliphatic carbocycles. The van der Waals surface area contributed by atoms with Gasteiger partial charge in [-0.25, -0.2) is 0 Å². The van der Waals surface area contributed by atoms with Crippen molar-refractivity contribution in [1.82, 2.24) is 9.80 Å². The number of hydrogen-bond acceptors (Lipinski definition) is 2. The summed E-state index contributed by atoms with van der Waals surface area (Å²) in [7, 11) is 0. The maximum absolute atomic E-state index is 13.1. The van der Waals surface area contributed by atoms with Gasteiger partial charge in [0, 0.05) is 39.1 Å². The highest BCUT2D eigenvalue weighted by molar-refractivity contribution is 5.76. The Kier molecular flexibility index (Phi) is 14.8. The van der Waals surface area contributed by atoms with E-state index in [-0.39, 0.29) is 5.92 Å². The maximum atomic E-state index is 13.1. The smallest absolute Gasteiger partial charge is 0.223 e. The first-order valence-corrected chi connectivity index (χ1v) is 12.9. The van der Waals surface area contributed by atoms with E-state index in [2.05, 4.69) is 94.7 Å². The molecule has 1 aliphatic heterocycles. The van der Waals surface area contributed by atoms with E-state index in [9.17, 15) is 4.79 Å². The zero-order chi connectivity index (χ0) is 24.6. The molecular formula is C30H50N2O. The van der Waals surface area contributed by atoms with E-state index in [1.165, 1.54) is 22.3 Å². The van der Waals surface area contributed by atoms with Gasteiger partial charge in [-0.05, 0) is 86.5 Å². The van der Waals surface area contributed by atoms with E-state index in [1.807, 2.05) is 0 Å². The fraction of sp³-hybridized carbons (Fsp3) is 0.633. The van der Waals surface area contributed by atoms with Crippen LogP contribution in [0.2, 0.25) is 0 Å². The van der Waals surface area contributed by atoms with Crippen LogP contribution in [0, 0.1) is 5.92 Å². The van der Waals surface area contributed by atoms with Crippen molar-refractivity contribution in [3.05, 3.63) is 58.7 Å². The first-order chi connectivity index (χ1) is 15.7. The third-order valence-electron chi connectivity index (χ3n) is 6.23. The van der Waals surface area contributed by atoms with E-state index in [4.69, 9.17) is 0 Å². The molecule has 1 fully saturated rings. The maximum Gasteiger partial charge on any atom is 0.223 e. The van der Waals surface area contributed by atoms with Crippen LogP contribution < -0.4 is 0 Å². The highest BCUT2D eigenvalue weighted by atomic mass is 16.2. The van der Waals surface area contributed by atoms with Gasteiger partial charge in [-0.15, -0.1) is 0 Å². The van der Waals surface area contributed by atoms with Crippen LogP contribution in [0.4, 0.5) is 0 Å². The highest BCUT2D eigenvalue weighted by Crippen LogP contribution is 2.21. The molecule has 0 N–H and O–H groups in total. The first kappa shape index (κ1) is 29.2. The Morgan fingerprint density at radius 3 is 1.94 bits per heavy atom. The molecule has 0 radical (unpaired) electrons. The van der Waals surface area contributed by atoms with Crippen LogP contribution in [-0.4, -0.2) is 48.4 Å². The van der Waals surface area contributed by atoms with Crippen LogP contribution in [0.3, 0.4) is 0 Å². The number of nitrogens with zero attached hydrogens (tertiary/aromatic N) is 2. The molecule has 1 heterocycles. The predicted molar refractivity (Wildman–Crippen MR) is 145 cm³/mol. The van der Waals surface area contributed by atoms with Gasteiger partial charge in [0.2, 0.25) is 5.91 Å². The van der Waals surface area contributed by atoms with Crippen LogP contribution in [0.1, 0.15) is 87.0 Å². The second-order valence-corrected chi connectivity index (χ2v) is 10.2. The first-order valence-electron chi connectivity index (χ1n) is 12.9. The minimum atomic E-state index is 0.281. The molecule has 1 rings (SSSR count). The average molecular weight is 455 g/mol. The van der Waals surface area contributed by atoms with Crippen LogP contribution >= 0.6 is 0 Å². The summed E-state index contributed by atoms with van der Waals surface area (Å²) in [5.41, 5.74) is 5.58. The van der Waals surface area contributed by atoms with Crippen LogP contribution in [0.5, 0.6) is 0 Å². The van der Waals surface area contributed by atoms with Gasteiger partial charge in [-0.1, -0.05) is 58.7 Å². The number of carbonyl (C=O) groups is 1. The van der Waals surface area contributed by atoms with Gasteiger partial charge in [0.15, 0.2) is 0 Å². The predicted octanol–water partition coefficient (Wildman–Crippen LogP) is 7.49. The van der Waals surface area contributed by atoms with Gasteiger partial charge in [0.05, 0.1) is 0 Å². The molecule has 0 aromatic rings. The zero-order valence-corrected chi connectivity index (χ0v) is 22.6. The molecule has 0 aromatic heterocycles. The molecule has 33 heavy (non-hydrogen) atoms. The van der Waals surface area contributed by atoms with Crippen LogP contribution in [0.15, 0.2) is 58.7 Å². The van der Waals surface area contributed by atoms with E-state index in [0.717, 1.165) is 64.8 Å². The summed E-state index contributed by atoms with van der Waals surface area (Å²) >= 11 is 0. The molecule has 3 nitrogen and oxygen atoms in total. The fourth-order valence-electron chi connectivity index (χ4n) is 4.12. The van der Waals surface area contributed by atoms with Gasteiger partial charge >= 0.3 is 0 Å². The quantitative estimate of drug-likeness (QED) is 0.269. The molecule has 1 aliphatic rings. The van der Waals surface area contributed by atoms with Crippen molar-refractivity contribution in [2.45, 2.75) is 87.0 Å². The lowest BCUT2D eigenvalue weighted by atomic mass is 9.94. The molecular weight excluding hydrogens is 404 g/mol. The second-order valence-electron chi connectivity index (χ2n) is 10.2. The van der Waals surface area contributed by atoms with E-state index >= 15 is 0 Å². The third kappa shape index (κ3) is 14.1. The molecule has 0 saturated carbocycles. The highest BCUT2D eigenvalue weighted by Gasteiger charge is 2.22. The second kappa shape index (κ2) is 16.7. The summed E-state index contributed by atoms with van der Waals surface area (Å²) in [6.07, 6.45) is 19.6. The number of hydrogen-bond donors (Lipinski definition) is 0. The van der Waals surface area contributed by atoms with Gasteiger partial charge in [0.25, 0.3) is 0 Å². The van der Waals surface area contributed by atoms with Crippen molar-refractivity contribution in [3.8, 4) is 0 Å². The summed E-state index contributed by atoms with van der Waals surface area (Å²) in [5, 5.41) is 0. The van der Waals surface area contributed by atoms with Gasteiger partial charge in [-0.3, -0.25) is 9.69 Å². The SMILES string of the molecule is CC=CCN1CCN(C(=O)CC(/C=C(\C)CCC=C(C)C)C/C=C(\C)CCC=C(C)C)CC1. The Bertz CT molecular complexity index is 722. The average Bonchev–Trinajstić information content (AvgIpc) is 2.75. The summed E-state index contributed by atoms with van der Waals surface area (Å²) in [6, 6.07) is 0. The topological polar surface area (TPSA) is 23.6 Å². The molecule has 186 valence electrons. The number of allylic oxidation sites excluding steroid dienone is 9. The van der Waals surface area contributed by atoms with Crippen molar-refractivity contribution in [3.63, 3.8) is 0 Å². The van der Waals surface area contributed by atoms with Crippen molar-refractivity contribution in [1.29, 1.82) is 0 Å². The summed E-state index contributed by atoms with van der Waals surface area (Å²) in [4.78, 5) is 17.6. The monoisotopic (exact) mass is 454 g/mol. The van der Waals surface area contributed by atoms with Gasteiger partial charge in [0.1, 0.15) is 0 Å². The fourth-order valence-corrected chi connectivity index (χ4v) is 4.12. The Balaban J connectivity index is 2.75. The standard InChI is InChI=1S/C30H50N2O/c1-8-9-18-31-19-21-32(22-20-31)30(33)24-29(23-28(7)15-11-13-26(4)5)17-16-27(6)14-10-12-25(2)3/h8-9,12-13,16,23,29H,10-11,14-15,17-22,24H2,1-7H3/b9-8?,27-16+,28-23+. The molecule has 3 heteroatoms. The van der Waals surface area contributed by atoms with E-state index < -0.39 is 0 Å². The largest absolute Gasteiger partial charge is 0.340 e. The zero-order valence-electron chi connectivity index (χ0n) is 22.6. The molecule has 0 spiro atoms. The molecule has 1 atom stereocenters. The van der Waals surface area contributed by atoms with Crippen LogP contribution in [-0.2, 0) is 4.79 Å². The van der Waals surface area contributed by atoms with Crippen molar-refractivity contribution < 1.29 is 4.79 Å². The number of amides is 1. The Labute approximate surface area is 205 Å². The van der Waals surface area contributed by atoms with E-state index in [1.54, 1.807) is 0 Å².